The third kappa shape index (κ3) is 3.56. The number of carbonyl (C=O) groups excluding carboxylic acids is 1. The lowest BCUT2D eigenvalue weighted by Gasteiger charge is -2.26. The molecule has 18 heavy (non-hydrogen) atoms. The van der Waals surface area contributed by atoms with Crippen molar-refractivity contribution in [1.29, 1.82) is 0 Å². The maximum absolute atomic E-state index is 13.0. The van der Waals surface area contributed by atoms with Gasteiger partial charge in [0.2, 0.25) is 0 Å². The van der Waals surface area contributed by atoms with Crippen molar-refractivity contribution in [2.75, 3.05) is 6.54 Å². The molecule has 0 aliphatic heterocycles. The highest BCUT2D eigenvalue weighted by atomic mass is 19.1. The molecule has 1 N–H and O–H groups in total. The summed E-state index contributed by atoms with van der Waals surface area (Å²) in [5.74, 6) is 0.862. The summed E-state index contributed by atoms with van der Waals surface area (Å²) >= 11 is 0. The lowest BCUT2D eigenvalue weighted by molar-refractivity contribution is 0.0941. The maximum Gasteiger partial charge on any atom is 0.251 e. The van der Waals surface area contributed by atoms with Crippen LogP contribution >= 0.6 is 0 Å². The number of hydrogen-bond donors (Lipinski definition) is 1. The first-order valence-electron chi connectivity index (χ1n) is 6.69. The van der Waals surface area contributed by atoms with E-state index in [4.69, 9.17) is 0 Å². The highest BCUT2D eigenvalue weighted by Gasteiger charge is 2.18. The number of carbonyl (C=O) groups is 1. The number of benzene rings is 1. The quantitative estimate of drug-likeness (QED) is 0.874. The number of rotatable bonds is 3. The molecule has 0 unspecified atom stereocenters. The van der Waals surface area contributed by atoms with Crippen LogP contribution in [0.3, 0.4) is 0 Å². The molecule has 0 bridgehead atoms. The zero-order valence-corrected chi connectivity index (χ0v) is 10.8. The van der Waals surface area contributed by atoms with Crippen LogP contribution in [0.2, 0.25) is 0 Å². The Hall–Kier alpha value is -1.38. The standard InChI is InChI=1S/C15H20FNO/c1-11-5-7-12(8-6-11)10-17-15(18)13-3-2-4-14(16)9-13/h2-4,9,11-12H,5-8,10H2,1H3,(H,17,18). The summed E-state index contributed by atoms with van der Waals surface area (Å²) in [6, 6.07) is 5.82. The van der Waals surface area contributed by atoms with E-state index in [1.165, 1.54) is 37.8 Å². The predicted molar refractivity (Wildman–Crippen MR) is 69.9 cm³/mol. The molecular weight excluding hydrogens is 229 g/mol. The summed E-state index contributed by atoms with van der Waals surface area (Å²) in [5, 5.41) is 2.91. The first-order chi connectivity index (χ1) is 8.65. The van der Waals surface area contributed by atoms with Gasteiger partial charge in [-0.1, -0.05) is 25.8 Å². The van der Waals surface area contributed by atoms with Gasteiger partial charge in [0.25, 0.3) is 5.91 Å². The highest BCUT2D eigenvalue weighted by Crippen LogP contribution is 2.27. The lowest BCUT2D eigenvalue weighted by atomic mass is 9.83. The van der Waals surface area contributed by atoms with Crippen LogP contribution < -0.4 is 5.32 Å². The van der Waals surface area contributed by atoms with Gasteiger partial charge in [0.15, 0.2) is 0 Å². The van der Waals surface area contributed by atoms with Crippen molar-refractivity contribution < 1.29 is 9.18 Å². The van der Waals surface area contributed by atoms with Gasteiger partial charge in [-0.25, -0.2) is 4.39 Å². The van der Waals surface area contributed by atoms with Crippen molar-refractivity contribution in [1.82, 2.24) is 5.32 Å². The van der Waals surface area contributed by atoms with Gasteiger partial charge in [0.1, 0.15) is 5.82 Å². The summed E-state index contributed by atoms with van der Waals surface area (Å²) < 4.78 is 13.0. The van der Waals surface area contributed by atoms with Gasteiger partial charge in [0, 0.05) is 12.1 Å². The van der Waals surface area contributed by atoms with Crippen molar-refractivity contribution in [3.63, 3.8) is 0 Å². The largest absolute Gasteiger partial charge is 0.352 e. The van der Waals surface area contributed by atoms with Gasteiger partial charge in [-0.3, -0.25) is 4.79 Å². The average Bonchev–Trinajstić information content (AvgIpc) is 2.38. The van der Waals surface area contributed by atoms with Crippen molar-refractivity contribution >= 4 is 5.91 Å². The zero-order chi connectivity index (χ0) is 13.0. The molecule has 0 heterocycles. The van der Waals surface area contributed by atoms with Gasteiger partial charge in [0.05, 0.1) is 0 Å². The van der Waals surface area contributed by atoms with Gasteiger partial charge < -0.3 is 5.32 Å². The first-order valence-corrected chi connectivity index (χ1v) is 6.69. The predicted octanol–water partition coefficient (Wildman–Crippen LogP) is 3.38. The molecule has 1 fully saturated rings. The Balaban J connectivity index is 1.81. The highest BCUT2D eigenvalue weighted by molar-refractivity contribution is 5.94. The van der Waals surface area contributed by atoms with E-state index < -0.39 is 0 Å². The molecule has 3 heteroatoms. The topological polar surface area (TPSA) is 29.1 Å². The third-order valence-corrected chi connectivity index (χ3v) is 3.77. The van der Waals surface area contributed by atoms with E-state index in [2.05, 4.69) is 12.2 Å². The van der Waals surface area contributed by atoms with Crippen LogP contribution in [-0.4, -0.2) is 12.5 Å². The Bertz CT molecular complexity index is 411. The second-order valence-corrected chi connectivity index (χ2v) is 5.35. The molecule has 0 saturated heterocycles. The minimum Gasteiger partial charge on any atom is -0.352 e. The first kappa shape index (κ1) is 13.1. The normalized spacial score (nSPS) is 23.7. The van der Waals surface area contributed by atoms with E-state index in [1.807, 2.05) is 0 Å². The van der Waals surface area contributed by atoms with Crippen molar-refractivity contribution in [2.24, 2.45) is 11.8 Å². The molecule has 0 radical (unpaired) electrons. The van der Waals surface area contributed by atoms with Crippen molar-refractivity contribution in [3.05, 3.63) is 35.6 Å². The summed E-state index contributed by atoms with van der Waals surface area (Å²) in [5.41, 5.74) is 0.402. The molecule has 1 aromatic rings. The molecule has 0 spiro atoms. The monoisotopic (exact) mass is 249 g/mol. The SMILES string of the molecule is CC1CCC(CNC(=O)c2cccc(F)c2)CC1. The van der Waals surface area contributed by atoms with Crippen LogP contribution in [0.15, 0.2) is 24.3 Å². The van der Waals surface area contributed by atoms with E-state index in [9.17, 15) is 9.18 Å². The summed E-state index contributed by atoms with van der Waals surface area (Å²) in [6.07, 6.45) is 4.87. The smallest absolute Gasteiger partial charge is 0.251 e. The Labute approximate surface area is 108 Å². The van der Waals surface area contributed by atoms with Gasteiger partial charge >= 0.3 is 0 Å². The summed E-state index contributed by atoms with van der Waals surface area (Å²) in [6.45, 7) is 2.99. The van der Waals surface area contributed by atoms with E-state index in [0.29, 0.717) is 18.0 Å². The second kappa shape index (κ2) is 5.98. The maximum atomic E-state index is 13.0. The van der Waals surface area contributed by atoms with E-state index >= 15 is 0 Å². The van der Waals surface area contributed by atoms with Gasteiger partial charge in [-0.05, 0) is 42.9 Å². The summed E-state index contributed by atoms with van der Waals surface area (Å²) in [4.78, 5) is 11.8. The van der Waals surface area contributed by atoms with Gasteiger partial charge in [-0.2, -0.15) is 0 Å². The van der Waals surface area contributed by atoms with Crippen molar-refractivity contribution in [2.45, 2.75) is 32.6 Å². The molecule has 98 valence electrons. The molecule has 1 aliphatic carbocycles. The average molecular weight is 249 g/mol. The number of amides is 1. The Morgan fingerprint density at radius 3 is 2.72 bits per heavy atom. The molecule has 1 aromatic carbocycles. The molecule has 0 atom stereocenters. The fourth-order valence-corrected chi connectivity index (χ4v) is 2.50. The second-order valence-electron chi connectivity index (χ2n) is 5.35. The Morgan fingerprint density at radius 1 is 1.33 bits per heavy atom. The molecule has 1 aliphatic rings. The molecule has 2 nitrogen and oxygen atoms in total. The van der Waals surface area contributed by atoms with Crippen LogP contribution in [0.25, 0.3) is 0 Å². The number of nitrogens with one attached hydrogen (secondary N) is 1. The van der Waals surface area contributed by atoms with Crippen molar-refractivity contribution in [3.8, 4) is 0 Å². The Morgan fingerprint density at radius 2 is 2.06 bits per heavy atom. The fourth-order valence-electron chi connectivity index (χ4n) is 2.50. The van der Waals surface area contributed by atoms with Gasteiger partial charge in [-0.15, -0.1) is 0 Å². The third-order valence-electron chi connectivity index (χ3n) is 3.77. The van der Waals surface area contributed by atoms with E-state index in [1.54, 1.807) is 12.1 Å². The molecule has 0 aromatic heterocycles. The molecular formula is C15H20FNO. The molecule has 1 saturated carbocycles. The molecule has 1 amide bonds. The van der Waals surface area contributed by atoms with Crippen LogP contribution in [0.5, 0.6) is 0 Å². The fraction of sp³-hybridized carbons (Fsp3) is 0.533. The minimum absolute atomic E-state index is 0.173. The summed E-state index contributed by atoms with van der Waals surface area (Å²) in [7, 11) is 0. The zero-order valence-electron chi connectivity index (χ0n) is 10.8. The van der Waals surface area contributed by atoms with Crippen LogP contribution in [0, 0.1) is 17.7 Å². The van der Waals surface area contributed by atoms with E-state index in [0.717, 1.165) is 5.92 Å². The van der Waals surface area contributed by atoms with Crippen LogP contribution in [0.1, 0.15) is 43.0 Å². The van der Waals surface area contributed by atoms with Crippen LogP contribution in [-0.2, 0) is 0 Å². The molecule has 2 rings (SSSR count). The lowest BCUT2D eigenvalue weighted by Crippen LogP contribution is -2.31. The van der Waals surface area contributed by atoms with E-state index in [-0.39, 0.29) is 11.7 Å². The number of hydrogen-bond acceptors (Lipinski definition) is 1. The number of halogens is 1. The Kier molecular flexibility index (Phi) is 4.34. The minimum atomic E-state index is -0.367. The van der Waals surface area contributed by atoms with Crippen LogP contribution in [0.4, 0.5) is 4.39 Å².